The molecule has 0 atom stereocenters. The second-order valence-electron chi connectivity index (χ2n) is 4.94. The zero-order valence-corrected chi connectivity index (χ0v) is 11.5. The first-order valence-electron chi connectivity index (χ1n) is 7.08. The number of hydrogen-bond donors (Lipinski definition) is 1. The molecule has 0 radical (unpaired) electrons. The Balaban J connectivity index is 1.52. The van der Waals surface area contributed by atoms with Crippen LogP contribution in [0, 0.1) is 0 Å². The normalized spacial score (nSPS) is 11.0. The number of benzene rings is 2. The van der Waals surface area contributed by atoms with Crippen LogP contribution in [0.15, 0.2) is 60.9 Å². The Morgan fingerprint density at radius 3 is 2.80 bits per heavy atom. The second-order valence-corrected chi connectivity index (χ2v) is 4.94. The van der Waals surface area contributed by atoms with Crippen molar-refractivity contribution in [2.45, 2.75) is 19.5 Å². The summed E-state index contributed by atoms with van der Waals surface area (Å²) in [5.74, 6) is 0. The van der Waals surface area contributed by atoms with Crippen LogP contribution in [0.3, 0.4) is 0 Å². The van der Waals surface area contributed by atoms with Gasteiger partial charge in [0, 0.05) is 25.5 Å². The van der Waals surface area contributed by atoms with Crippen LogP contribution in [0.4, 0.5) is 0 Å². The third-order valence-electron chi connectivity index (χ3n) is 3.50. The van der Waals surface area contributed by atoms with E-state index in [9.17, 15) is 0 Å². The van der Waals surface area contributed by atoms with E-state index in [1.807, 2.05) is 23.1 Å². The van der Waals surface area contributed by atoms with Crippen molar-refractivity contribution in [3.63, 3.8) is 0 Å². The van der Waals surface area contributed by atoms with E-state index < -0.39 is 0 Å². The monoisotopic (exact) mass is 265 g/mol. The average Bonchev–Trinajstić information content (AvgIpc) is 3.00. The Labute approximate surface area is 119 Å². The number of aryl methyl sites for hydroxylation is 1. The van der Waals surface area contributed by atoms with Crippen LogP contribution in [0.25, 0.3) is 10.8 Å². The van der Waals surface area contributed by atoms with Gasteiger partial charge in [-0.1, -0.05) is 42.5 Å². The number of aromatic nitrogens is 2. The van der Waals surface area contributed by atoms with Crippen LogP contribution in [0.2, 0.25) is 0 Å². The zero-order valence-electron chi connectivity index (χ0n) is 11.5. The fourth-order valence-electron chi connectivity index (χ4n) is 2.47. The summed E-state index contributed by atoms with van der Waals surface area (Å²) >= 11 is 0. The van der Waals surface area contributed by atoms with Crippen molar-refractivity contribution >= 4 is 10.8 Å². The van der Waals surface area contributed by atoms with Gasteiger partial charge in [0.25, 0.3) is 0 Å². The molecular weight excluding hydrogens is 246 g/mol. The summed E-state index contributed by atoms with van der Waals surface area (Å²) in [5.41, 5.74) is 1.36. The molecule has 3 heteroatoms. The number of rotatable bonds is 6. The largest absolute Gasteiger partial charge is 0.313 e. The Hall–Kier alpha value is -2.13. The third-order valence-corrected chi connectivity index (χ3v) is 3.50. The molecule has 0 aliphatic heterocycles. The van der Waals surface area contributed by atoms with Gasteiger partial charge in [-0.2, -0.15) is 5.10 Å². The molecule has 0 aliphatic carbocycles. The van der Waals surface area contributed by atoms with Gasteiger partial charge in [-0.3, -0.25) is 4.68 Å². The van der Waals surface area contributed by atoms with Gasteiger partial charge in [0.05, 0.1) is 0 Å². The summed E-state index contributed by atoms with van der Waals surface area (Å²) in [6.45, 7) is 2.89. The van der Waals surface area contributed by atoms with Crippen molar-refractivity contribution in [3.8, 4) is 0 Å². The summed E-state index contributed by atoms with van der Waals surface area (Å²) in [6.07, 6.45) is 4.92. The Morgan fingerprint density at radius 2 is 1.90 bits per heavy atom. The molecule has 3 aromatic rings. The van der Waals surface area contributed by atoms with Gasteiger partial charge in [-0.05, 0) is 35.4 Å². The third kappa shape index (κ3) is 3.06. The molecular formula is C17H19N3. The topological polar surface area (TPSA) is 29.9 Å². The van der Waals surface area contributed by atoms with E-state index >= 15 is 0 Å². The lowest BCUT2D eigenvalue weighted by molar-refractivity contribution is 0.544. The van der Waals surface area contributed by atoms with Gasteiger partial charge in [0.1, 0.15) is 0 Å². The molecule has 0 unspecified atom stereocenters. The predicted octanol–water partition coefficient (Wildman–Crippen LogP) is 3.22. The highest BCUT2D eigenvalue weighted by atomic mass is 15.3. The van der Waals surface area contributed by atoms with Crippen molar-refractivity contribution in [3.05, 3.63) is 66.5 Å². The summed E-state index contributed by atoms with van der Waals surface area (Å²) in [7, 11) is 0. The standard InChI is InChI=1S/C17H19N3/c1-2-9-17-15(6-1)7-3-8-16(17)14-18-10-4-12-20-13-5-11-19-20/h1-3,5-9,11,13,18H,4,10,12,14H2. The molecule has 0 spiro atoms. The highest BCUT2D eigenvalue weighted by Gasteiger charge is 1.99. The molecule has 3 nitrogen and oxygen atoms in total. The van der Waals surface area contributed by atoms with E-state index in [0.717, 1.165) is 26.1 Å². The van der Waals surface area contributed by atoms with Gasteiger partial charge in [-0.25, -0.2) is 0 Å². The summed E-state index contributed by atoms with van der Waals surface area (Å²) < 4.78 is 1.97. The van der Waals surface area contributed by atoms with E-state index in [1.165, 1.54) is 16.3 Å². The van der Waals surface area contributed by atoms with Crippen LogP contribution in [0.5, 0.6) is 0 Å². The molecule has 1 N–H and O–H groups in total. The number of hydrogen-bond acceptors (Lipinski definition) is 2. The SMILES string of the molecule is c1ccc2c(CNCCCn3cccn3)cccc2c1. The van der Waals surface area contributed by atoms with Crippen LogP contribution < -0.4 is 5.32 Å². The molecule has 2 aromatic carbocycles. The maximum absolute atomic E-state index is 4.20. The molecule has 1 aromatic heterocycles. The maximum atomic E-state index is 4.20. The molecule has 3 rings (SSSR count). The average molecular weight is 265 g/mol. The molecule has 0 aliphatic rings. The lowest BCUT2D eigenvalue weighted by atomic mass is 10.0. The van der Waals surface area contributed by atoms with Gasteiger partial charge >= 0.3 is 0 Å². The van der Waals surface area contributed by atoms with Crippen molar-refractivity contribution < 1.29 is 0 Å². The van der Waals surface area contributed by atoms with Gasteiger partial charge < -0.3 is 5.32 Å². The van der Waals surface area contributed by atoms with E-state index in [2.05, 4.69) is 52.9 Å². The molecule has 0 saturated heterocycles. The molecule has 102 valence electrons. The Kier molecular flexibility index (Phi) is 4.09. The van der Waals surface area contributed by atoms with Gasteiger partial charge in [-0.15, -0.1) is 0 Å². The quantitative estimate of drug-likeness (QED) is 0.694. The predicted molar refractivity (Wildman–Crippen MR) is 82.5 cm³/mol. The Morgan fingerprint density at radius 1 is 1.00 bits per heavy atom. The number of nitrogens with one attached hydrogen (secondary N) is 1. The molecule has 0 amide bonds. The van der Waals surface area contributed by atoms with E-state index in [0.29, 0.717) is 0 Å². The maximum Gasteiger partial charge on any atom is 0.0489 e. The first kappa shape index (κ1) is 12.9. The number of fused-ring (bicyclic) bond motifs is 1. The summed E-state index contributed by atoms with van der Waals surface area (Å²) in [4.78, 5) is 0. The first-order chi connectivity index (χ1) is 9.93. The van der Waals surface area contributed by atoms with E-state index in [4.69, 9.17) is 0 Å². The van der Waals surface area contributed by atoms with Crippen molar-refractivity contribution in [1.29, 1.82) is 0 Å². The van der Waals surface area contributed by atoms with Crippen molar-refractivity contribution in [1.82, 2.24) is 15.1 Å². The highest BCUT2D eigenvalue weighted by Crippen LogP contribution is 2.18. The summed E-state index contributed by atoms with van der Waals surface area (Å²) in [5, 5.41) is 10.4. The molecule has 0 bridgehead atoms. The minimum Gasteiger partial charge on any atom is -0.313 e. The fraction of sp³-hybridized carbons (Fsp3) is 0.235. The smallest absolute Gasteiger partial charge is 0.0489 e. The summed E-state index contributed by atoms with van der Waals surface area (Å²) in [6, 6.07) is 17.0. The van der Waals surface area contributed by atoms with E-state index in [1.54, 1.807) is 0 Å². The van der Waals surface area contributed by atoms with Crippen LogP contribution >= 0.6 is 0 Å². The Bertz CT molecular complexity index is 654. The lowest BCUT2D eigenvalue weighted by Crippen LogP contribution is -2.16. The van der Waals surface area contributed by atoms with Crippen LogP contribution in [-0.2, 0) is 13.1 Å². The zero-order chi connectivity index (χ0) is 13.6. The first-order valence-corrected chi connectivity index (χ1v) is 7.08. The van der Waals surface area contributed by atoms with Crippen molar-refractivity contribution in [2.75, 3.05) is 6.54 Å². The molecule has 0 saturated carbocycles. The van der Waals surface area contributed by atoms with Crippen molar-refractivity contribution in [2.24, 2.45) is 0 Å². The minimum absolute atomic E-state index is 0.917. The molecule has 20 heavy (non-hydrogen) atoms. The lowest BCUT2D eigenvalue weighted by Gasteiger charge is -2.08. The second kappa shape index (κ2) is 6.35. The van der Waals surface area contributed by atoms with Gasteiger partial charge in [0.15, 0.2) is 0 Å². The minimum atomic E-state index is 0.917. The van der Waals surface area contributed by atoms with Gasteiger partial charge in [0.2, 0.25) is 0 Å². The van der Waals surface area contributed by atoms with Crippen LogP contribution in [0.1, 0.15) is 12.0 Å². The fourth-order valence-corrected chi connectivity index (χ4v) is 2.47. The molecule has 0 fully saturated rings. The highest BCUT2D eigenvalue weighted by molar-refractivity contribution is 5.85. The van der Waals surface area contributed by atoms with E-state index in [-0.39, 0.29) is 0 Å². The molecule has 1 heterocycles. The van der Waals surface area contributed by atoms with Crippen LogP contribution in [-0.4, -0.2) is 16.3 Å². The number of nitrogens with zero attached hydrogens (tertiary/aromatic N) is 2.